The summed E-state index contributed by atoms with van der Waals surface area (Å²) >= 11 is 1.03. The Hall–Kier alpha value is -3.57. The van der Waals surface area contributed by atoms with Crippen LogP contribution >= 0.6 is 11.8 Å². The van der Waals surface area contributed by atoms with Gasteiger partial charge in [0.1, 0.15) is 0 Å². The molecule has 198 valence electrons. The summed E-state index contributed by atoms with van der Waals surface area (Å²) < 4.78 is 46.0. The molecule has 0 bridgehead atoms. The lowest BCUT2D eigenvalue weighted by Crippen LogP contribution is -2.46. The third-order valence-electron chi connectivity index (χ3n) is 6.49. The van der Waals surface area contributed by atoms with Gasteiger partial charge in [-0.25, -0.2) is 0 Å². The third kappa shape index (κ3) is 5.94. The zero-order valence-corrected chi connectivity index (χ0v) is 21.5. The Morgan fingerprint density at radius 2 is 1.76 bits per heavy atom. The van der Waals surface area contributed by atoms with E-state index in [-0.39, 0.29) is 16.7 Å². The Balaban J connectivity index is 1.27. The largest absolute Gasteiger partial charge is 0.416 e. The number of halogens is 3. The highest BCUT2D eigenvalue weighted by atomic mass is 32.2. The van der Waals surface area contributed by atoms with Crippen LogP contribution in [0.3, 0.4) is 0 Å². The number of hydrogen-bond acceptors (Lipinski definition) is 7. The molecule has 0 spiro atoms. The standard InChI is InChI=1S/C27H26F3N5O2S/c1-2-34-11-13-35(14-12-34)23-10-9-21(27(28,29)30)16-22(23)31-24(36)17-38-26-33-32-25(37-26)20-8-7-18-5-3-4-6-19(18)15-20/h3-10,15-16H,2,11-14,17H2,1H3,(H,31,36). The highest BCUT2D eigenvalue weighted by molar-refractivity contribution is 7.99. The molecule has 4 aromatic rings. The molecule has 1 fully saturated rings. The maximum atomic E-state index is 13.4. The monoisotopic (exact) mass is 541 g/mol. The molecule has 1 N–H and O–H groups in total. The highest BCUT2D eigenvalue weighted by Crippen LogP contribution is 2.36. The van der Waals surface area contributed by atoms with E-state index in [9.17, 15) is 18.0 Å². The number of fused-ring (bicyclic) bond motifs is 1. The topological polar surface area (TPSA) is 74.5 Å². The predicted molar refractivity (Wildman–Crippen MR) is 142 cm³/mol. The van der Waals surface area contributed by atoms with E-state index in [2.05, 4.69) is 27.3 Å². The maximum absolute atomic E-state index is 13.4. The van der Waals surface area contributed by atoms with E-state index in [0.29, 0.717) is 24.7 Å². The fourth-order valence-corrected chi connectivity index (χ4v) is 4.98. The van der Waals surface area contributed by atoms with Gasteiger partial charge in [-0.2, -0.15) is 13.2 Å². The van der Waals surface area contributed by atoms with Crippen molar-refractivity contribution in [1.82, 2.24) is 15.1 Å². The van der Waals surface area contributed by atoms with Crippen molar-refractivity contribution in [2.45, 2.75) is 18.3 Å². The Labute approximate surface area is 222 Å². The molecular formula is C27H26F3N5O2S. The normalized spacial score (nSPS) is 14.7. The summed E-state index contributed by atoms with van der Waals surface area (Å²) in [6.07, 6.45) is -4.52. The molecule has 0 unspecified atom stereocenters. The number of likely N-dealkylation sites (N-methyl/N-ethyl adjacent to an activating group) is 1. The molecule has 1 saturated heterocycles. The number of nitrogens with one attached hydrogen (secondary N) is 1. The van der Waals surface area contributed by atoms with E-state index in [1.54, 1.807) is 0 Å². The number of alkyl halides is 3. The van der Waals surface area contributed by atoms with Crippen molar-refractivity contribution in [3.05, 3.63) is 66.2 Å². The molecule has 3 aromatic carbocycles. The molecule has 1 aliphatic heterocycles. The first-order valence-corrected chi connectivity index (χ1v) is 13.2. The summed E-state index contributed by atoms with van der Waals surface area (Å²) in [6.45, 7) is 5.92. The summed E-state index contributed by atoms with van der Waals surface area (Å²) in [7, 11) is 0. The van der Waals surface area contributed by atoms with E-state index in [1.165, 1.54) is 6.07 Å². The maximum Gasteiger partial charge on any atom is 0.416 e. The van der Waals surface area contributed by atoms with Gasteiger partial charge in [-0.15, -0.1) is 10.2 Å². The molecule has 0 saturated carbocycles. The van der Waals surface area contributed by atoms with Gasteiger partial charge in [0.25, 0.3) is 5.22 Å². The van der Waals surface area contributed by atoms with Gasteiger partial charge in [0.2, 0.25) is 11.8 Å². The van der Waals surface area contributed by atoms with E-state index >= 15 is 0 Å². The number of nitrogens with zero attached hydrogens (tertiary/aromatic N) is 4. The van der Waals surface area contributed by atoms with Crippen LogP contribution in [0, 0.1) is 0 Å². The summed E-state index contributed by atoms with van der Waals surface area (Å²) in [5.41, 5.74) is 0.652. The SMILES string of the molecule is CCN1CCN(c2ccc(C(F)(F)F)cc2NC(=O)CSc2nnc(-c3ccc4ccccc4c3)o2)CC1. The Morgan fingerprint density at radius 3 is 2.50 bits per heavy atom. The van der Waals surface area contributed by atoms with Crippen molar-refractivity contribution in [3.63, 3.8) is 0 Å². The molecule has 2 heterocycles. The van der Waals surface area contributed by atoms with Crippen molar-refractivity contribution in [3.8, 4) is 11.5 Å². The summed E-state index contributed by atoms with van der Waals surface area (Å²) in [4.78, 5) is 17.0. The van der Waals surface area contributed by atoms with E-state index in [4.69, 9.17) is 4.42 Å². The van der Waals surface area contributed by atoms with Gasteiger partial charge in [-0.1, -0.05) is 49.0 Å². The van der Waals surface area contributed by atoms with Gasteiger partial charge in [0.15, 0.2) is 0 Å². The molecule has 0 radical (unpaired) electrons. The minimum atomic E-state index is -4.52. The Kier molecular flexibility index (Phi) is 7.57. The second-order valence-electron chi connectivity index (χ2n) is 8.92. The number of rotatable bonds is 7. The quantitative estimate of drug-likeness (QED) is 0.297. The smallest absolute Gasteiger partial charge is 0.411 e. The minimum Gasteiger partial charge on any atom is -0.411 e. The first kappa shape index (κ1) is 26.1. The summed E-state index contributed by atoms with van der Waals surface area (Å²) in [5.74, 6) is -0.239. The third-order valence-corrected chi connectivity index (χ3v) is 7.31. The second kappa shape index (κ2) is 11.0. The average Bonchev–Trinajstić information content (AvgIpc) is 3.40. The molecule has 1 aliphatic rings. The molecular weight excluding hydrogens is 515 g/mol. The van der Waals surface area contributed by atoms with Gasteiger partial charge in [0, 0.05) is 31.7 Å². The number of hydrogen-bond donors (Lipinski definition) is 1. The molecule has 5 rings (SSSR count). The van der Waals surface area contributed by atoms with Crippen molar-refractivity contribution in [2.75, 3.05) is 48.7 Å². The molecule has 38 heavy (non-hydrogen) atoms. The molecule has 7 nitrogen and oxygen atoms in total. The van der Waals surface area contributed by atoms with Crippen LogP contribution in [0.25, 0.3) is 22.2 Å². The zero-order valence-electron chi connectivity index (χ0n) is 20.7. The van der Waals surface area contributed by atoms with Gasteiger partial charge in [-0.3, -0.25) is 4.79 Å². The molecule has 1 amide bonds. The van der Waals surface area contributed by atoms with Crippen molar-refractivity contribution in [1.29, 1.82) is 0 Å². The van der Waals surface area contributed by atoms with E-state index < -0.39 is 17.6 Å². The van der Waals surface area contributed by atoms with Crippen LogP contribution in [-0.4, -0.2) is 59.5 Å². The first-order chi connectivity index (χ1) is 18.3. The lowest BCUT2D eigenvalue weighted by molar-refractivity contribution is -0.137. The van der Waals surface area contributed by atoms with Gasteiger partial charge in [0.05, 0.1) is 22.7 Å². The summed E-state index contributed by atoms with van der Waals surface area (Å²) in [6, 6.07) is 17.2. The highest BCUT2D eigenvalue weighted by Gasteiger charge is 2.32. The van der Waals surface area contributed by atoms with Crippen LogP contribution in [0.5, 0.6) is 0 Å². The van der Waals surface area contributed by atoms with Crippen molar-refractivity contribution >= 4 is 39.8 Å². The number of aromatic nitrogens is 2. The fourth-order valence-electron chi connectivity index (χ4n) is 4.41. The van der Waals surface area contributed by atoms with Crippen LogP contribution in [0.1, 0.15) is 12.5 Å². The number of piperazine rings is 1. The fraction of sp³-hybridized carbons (Fsp3) is 0.296. The van der Waals surface area contributed by atoms with Crippen LogP contribution in [0.4, 0.5) is 24.5 Å². The Morgan fingerprint density at radius 1 is 1.00 bits per heavy atom. The van der Waals surface area contributed by atoms with E-state index in [1.807, 2.05) is 47.4 Å². The predicted octanol–water partition coefficient (Wildman–Crippen LogP) is 5.78. The lowest BCUT2D eigenvalue weighted by Gasteiger charge is -2.36. The minimum absolute atomic E-state index is 0.0986. The number of thioether (sulfide) groups is 1. The number of anilines is 2. The summed E-state index contributed by atoms with van der Waals surface area (Å²) in [5, 5.41) is 13.1. The number of carbonyl (C=O) groups is 1. The number of amides is 1. The first-order valence-electron chi connectivity index (χ1n) is 12.2. The van der Waals surface area contributed by atoms with Crippen LogP contribution in [-0.2, 0) is 11.0 Å². The second-order valence-corrected chi connectivity index (χ2v) is 9.85. The van der Waals surface area contributed by atoms with Gasteiger partial charge < -0.3 is 19.5 Å². The van der Waals surface area contributed by atoms with Gasteiger partial charge >= 0.3 is 6.18 Å². The molecule has 0 aliphatic carbocycles. The number of benzene rings is 3. The van der Waals surface area contributed by atoms with E-state index in [0.717, 1.165) is 59.9 Å². The Bertz CT molecular complexity index is 1430. The lowest BCUT2D eigenvalue weighted by atomic mass is 10.1. The van der Waals surface area contributed by atoms with Gasteiger partial charge in [-0.05, 0) is 47.6 Å². The average molecular weight is 542 g/mol. The van der Waals surface area contributed by atoms with Crippen LogP contribution < -0.4 is 10.2 Å². The number of carbonyl (C=O) groups excluding carboxylic acids is 1. The molecule has 11 heteroatoms. The van der Waals surface area contributed by atoms with Crippen molar-refractivity contribution in [2.24, 2.45) is 0 Å². The molecule has 0 atom stereocenters. The van der Waals surface area contributed by atoms with Crippen molar-refractivity contribution < 1.29 is 22.4 Å². The van der Waals surface area contributed by atoms with Crippen LogP contribution in [0.2, 0.25) is 0 Å². The zero-order chi connectivity index (χ0) is 26.7. The molecule has 1 aromatic heterocycles. The van der Waals surface area contributed by atoms with Crippen LogP contribution in [0.15, 0.2) is 70.3 Å².